The van der Waals surface area contributed by atoms with Gasteiger partial charge in [-0.2, -0.15) is 0 Å². The molecule has 1 rings (SSSR count). The first-order valence-electron chi connectivity index (χ1n) is 7.79. The maximum Gasteiger partial charge on any atom is 0.224 e. The van der Waals surface area contributed by atoms with E-state index in [0.29, 0.717) is 12.5 Å². The van der Waals surface area contributed by atoms with Crippen LogP contribution in [0.15, 0.2) is 0 Å². The standard InChI is InChI=1S/C16H32N2O/c1-12-6-5-7-13(8-12)11-18-15(19)14(10-17)9-16(2,3)4/h12-14H,5-11,17H2,1-4H3,(H,18,19). The lowest BCUT2D eigenvalue weighted by molar-refractivity contribution is -0.125. The van der Waals surface area contributed by atoms with Crippen LogP contribution in [0.4, 0.5) is 0 Å². The summed E-state index contributed by atoms with van der Waals surface area (Å²) in [6.07, 6.45) is 6.03. The van der Waals surface area contributed by atoms with Crippen molar-refractivity contribution in [1.29, 1.82) is 0 Å². The zero-order chi connectivity index (χ0) is 14.5. The molecule has 1 aliphatic rings. The third kappa shape index (κ3) is 6.42. The molecule has 0 aromatic rings. The van der Waals surface area contributed by atoms with E-state index in [1.807, 2.05) is 0 Å². The second kappa shape index (κ2) is 7.28. The summed E-state index contributed by atoms with van der Waals surface area (Å²) in [5.74, 6) is 1.59. The zero-order valence-electron chi connectivity index (χ0n) is 13.2. The summed E-state index contributed by atoms with van der Waals surface area (Å²) in [4.78, 5) is 12.2. The highest BCUT2D eigenvalue weighted by Crippen LogP contribution is 2.28. The monoisotopic (exact) mass is 268 g/mol. The molecule has 0 spiro atoms. The van der Waals surface area contributed by atoms with Crippen molar-refractivity contribution in [3.05, 3.63) is 0 Å². The quantitative estimate of drug-likeness (QED) is 0.805. The molecule has 1 aliphatic carbocycles. The molecule has 0 radical (unpaired) electrons. The van der Waals surface area contributed by atoms with Gasteiger partial charge in [0.05, 0.1) is 5.92 Å². The minimum Gasteiger partial charge on any atom is -0.356 e. The van der Waals surface area contributed by atoms with Crippen molar-refractivity contribution in [3.8, 4) is 0 Å². The van der Waals surface area contributed by atoms with Crippen LogP contribution >= 0.6 is 0 Å². The van der Waals surface area contributed by atoms with Gasteiger partial charge in [0, 0.05) is 13.1 Å². The molecule has 0 aliphatic heterocycles. The molecule has 3 heteroatoms. The van der Waals surface area contributed by atoms with E-state index >= 15 is 0 Å². The maximum atomic E-state index is 12.2. The maximum absolute atomic E-state index is 12.2. The van der Waals surface area contributed by atoms with Crippen molar-refractivity contribution in [1.82, 2.24) is 5.32 Å². The molecule has 19 heavy (non-hydrogen) atoms. The molecule has 0 aromatic carbocycles. The van der Waals surface area contributed by atoms with Gasteiger partial charge >= 0.3 is 0 Å². The van der Waals surface area contributed by atoms with Crippen LogP contribution in [-0.2, 0) is 4.79 Å². The molecule has 3 unspecified atom stereocenters. The van der Waals surface area contributed by atoms with E-state index in [-0.39, 0.29) is 17.2 Å². The Bertz CT molecular complexity index is 283. The average molecular weight is 268 g/mol. The van der Waals surface area contributed by atoms with Gasteiger partial charge in [0.15, 0.2) is 0 Å². The molecule has 0 aromatic heterocycles. The second-order valence-corrected chi connectivity index (χ2v) is 7.58. The van der Waals surface area contributed by atoms with Crippen LogP contribution in [0, 0.1) is 23.2 Å². The van der Waals surface area contributed by atoms with Crippen LogP contribution in [0.1, 0.15) is 59.8 Å². The van der Waals surface area contributed by atoms with Crippen LogP contribution in [0.2, 0.25) is 0 Å². The van der Waals surface area contributed by atoms with Gasteiger partial charge in [-0.3, -0.25) is 4.79 Å². The molecular weight excluding hydrogens is 236 g/mol. The van der Waals surface area contributed by atoms with Crippen molar-refractivity contribution < 1.29 is 4.79 Å². The van der Waals surface area contributed by atoms with E-state index in [1.54, 1.807) is 0 Å². The van der Waals surface area contributed by atoms with Gasteiger partial charge < -0.3 is 11.1 Å². The summed E-state index contributed by atoms with van der Waals surface area (Å²) < 4.78 is 0. The summed E-state index contributed by atoms with van der Waals surface area (Å²) in [5, 5.41) is 3.13. The Morgan fingerprint density at radius 3 is 2.58 bits per heavy atom. The van der Waals surface area contributed by atoms with E-state index in [1.165, 1.54) is 25.7 Å². The fourth-order valence-corrected chi connectivity index (χ4v) is 3.16. The van der Waals surface area contributed by atoms with Crippen molar-refractivity contribution in [2.24, 2.45) is 28.9 Å². The molecule has 0 saturated heterocycles. The Labute approximate surface area is 118 Å². The van der Waals surface area contributed by atoms with Crippen LogP contribution < -0.4 is 11.1 Å². The fourth-order valence-electron chi connectivity index (χ4n) is 3.16. The Morgan fingerprint density at radius 2 is 2.05 bits per heavy atom. The lowest BCUT2D eigenvalue weighted by Gasteiger charge is -2.28. The van der Waals surface area contributed by atoms with E-state index in [0.717, 1.165) is 18.9 Å². The predicted molar refractivity (Wildman–Crippen MR) is 80.7 cm³/mol. The van der Waals surface area contributed by atoms with Gasteiger partial charge in [0.2, 0.25) is 5.91 Å². The third-order valence-electron chi connectivity index (χ3n) is 4.12. The molecule has 1 amide bonds. The van der Waals surface area contributed by atoms with E-state index in [9.17, 15) is 4.79 Å². The fraction of sp³-hybridized carbons (Fsp3) is 0.938. The van der Waals surface area contributed by atoms with Crippen LogP contribution in [0.25, 0.3) is 0 Å². The molecule has 112 valence electrons. The van der Waals surface area contributed by atoms with Crippen LogP contribution in [0.3, 0.4) is 0 Å². The molecule has 1 saturated carbocycles. The molecule has 1 fully saturated rings. The zero-order valence-corrected chi connectivity index (χ0v) is 13.2. The molecule has 0 heterocycles. The molecule has 3 nitrogen and oxygen atoms in total. The summed E-state index contributed by atoms with van der Waals surface area (Å²) in [5.41, 5.74) is 5.90. The normalized spacial score (nSPS) is 25.9. The third-order valence-corrected chi connectivity index (χ3v) is 4.12. The van der Waals surface area contributed by atoms with Gasteiger partial charge in [-0.05, 0) is 36.5 Å². The van der Waals surface area contributed by atoms with Crippen LogP contribution in [0.5, 0.6) is 0 Å². The van der Waals surface area contributed by atoms with E-state index in [2.05, 4.69) is 33.0 Å². The topological polar surface area (TPSA) is 55.1 Å². The number of hydrogen-bond donors (Lipinski definition) is 2. The first-order valence-corrected chi connectivity index (χ1v) is 7.79. The first kappa shape index (κ1) is 16.5. The minimum absolute atomic E-state index is 0.0407. The van der Waals surface area contributed by atoms with Gasteiger partial charge in [-0.1, -0.05) is 40.5 Å². The lowest BCUT2D eigenvalue weighted by atomic mass is 9.82. The Balaban J connectivity index is 2.36. The Kier molecular flexibility index (Phi) is 6.31. The summed E-state index contributed by atoms with van der Waals surface area (Å²) in [7, 11) is 0. The number of hydrogen-bond acceptors (Lipinski definition) is 2. The highest BCUT2D eigenvalue weighted by Gasteiger charge is 2.25. The minimum atomic E-state index is -0.0407. The van der Waals surface area contributed by atoms with Gasteiger partial charge in [-0.25, -0.2) is 0 Å². The van der Waals surface area contributed by atoms with Gasteiger partial charge in [-0.15, -0.1) is 0 Å². The summed E-state index contributed by atoms with van der Waals surface area (Å²) in [6.45, 7) is 10.1. The molecule has 3 N–H and O–H groups in total. The van der Waals surface area contributed by atoms with Gasteiger partial charge in [0.25, 0.3) is 0 Å². The number of amides is 1. The number of rotatable bonds is 5. The smallest absolute Gasteiger partial charge is 0.224 e. The van der Waals surface area contributed by atoms with Crippen molar-refractivity contribution in [2.45, 2.75) is 59.8 Å². The number of carbonyl (C=O) groups is 1. The van der Waals surface area contributed by atoms with Crippen molar-refractivity contribution in [2.75, 3.05) is 13.1 Å². The number of nitrogens with two attached hydrogens (primary N) is 1. The SMILES string of the molecule is CC1CCCC(CNC(=O)C(CN)CC(C)(C)C)C1. The molecule has 3 atom stereocenters. The van der Waals surface area contributed by atoms with Crippen molar-refractivity contribution >= 4 is 5.91 Å². The van der Waals surface area contributed by atoms with Crippen LogP contribution in [-0.4, -0.2) is 19.0 Å². The molecule has 0 bridgehead atoms. The highest BCUT2D eigenvalue weighted by atomic mass is 16.1. The Morgan fingerprint density at radius 1 is 1.37 bits per heavy atom. The van der Waals surface area contributed by atoms with Crippen molar-refractivity contribution in [3.63, 3.8) is 0 Å². The Hall–Kier alpha value is -0.570. The largest absolute Gasteiger partial charge is 0.356 e. The summed E-state index contributed by atoms with van der Waals surface area (Å²) >= 11 is 0. The van der Waals surface area contributed by atoms with E-state index < -0.39 is 0 Å². The predicted octanol–water partition coefficient (Wildman–Crippen LogP) is 2.94. The lowest BCUT2D eigenvalue weighted by Crippen LogP contribution is -2.40. The molecular formula is C16H32N2O. The second-order valence-electron chi connectivity index (χ2n) is 7.58. The summed E-state index contributed by atoms with van der Waals surface area (Å²) in [6, 6.07) is 0. The number of nitrogens with one attached hydrogen (secondary N) is 1. The number of carbonyl (C=O) groups excluding carboxylic acids is 1. The first-order chi connectivity index (χ1) is 8.81. The van der Waals surface area contributed by atoms with Gasteiger partial charge in [0.1, 0.15) is 0 Å². The highest BCUT2D eigenvalue weighted by molar-refractivity contribution is 5.78. The average Bonchev–Trinajstić information content (AvgIpc) is 2.32. The van der Waals surface area contributed by atoms with E-state index in [4.69, 9.17) is 5.73 Å².